The zero-order valence-corrected chi connectivity index (χ0v) is 25.2. The lowest BCUT2D eigenvalue weighted by Crippen LogP contribution is -1.96. The molecule has 5 heterocycles. The second-order valence-corrected chi connectivity index (χ2v) is 12.3. The Morgan fingerprint density at radius 2 is 1.06 bits per heavy atom. The van der Waals surface area contributed by atoms with Crippen molar-refractivity contribution in [2.24, 2.45) is 0 Å². The molecule has 0 atom stereocenters. The van der Waals surface area contributed by atoms with E-state index in [1.54, 1.807) is 0 Å². The van der Waals surface area contributed by atoms with Crippen molar-refractivity contribution in [2.45, 2.75) is 0 Å². The summed E-state index contributed by atoms with van der Waals surface area (Å²) in [4.78, 5) is 10.3. The van der Waals surface area contributed by atoms with Crippen LogP contribution in [0.1, 0.15) is 0 Å². The van der Waals surface area contributed by atoms with E-state index in [2.05, 4.69) is 153 Å². The molecule has 5 nitrogen and oxygen atoms in total. The van der Waals surface area contributed by atoms with Gasteiger partial charge in [-0.1, -0.05) is 66.7 Å². The number of aromatic nitrogens is 5. The largest absolute Gasteiger partial charge is 0.309 e. The van der Waals surface area contributed by atoms with E-state index in [-0.39, 0.29) is 0 Å². The average molecular weight is 600 g/mol. The SMILES string of the molecule is c1ccc(-n2c3ccccc3c3cc4c5c6c(ccc5n(-c5ccccc5)c4cc32)c2nc3ccccc3n2c2cccnc62)cc1. The van der Waals surface area contributed by atoms with E-state index in [1.807, 2.05) is 12.3 Å². The zero-order valence-electron chi connectivity index (χ0n) is 25.2. The van der Waals surface area contributed by atoms with Crippen LogP contribution in [0, 0.1) is 0 Å². The van der Waals surface area contributed by atoms with Crippen LogP contribution in [0.5, 0.6) is 0 Å². The van der Waals surface area contributed by atoms with Gasteiger partial charge in [-0.3, -0.25) is 9.38 Å². The van der Waals surface area contributed by atoms with Crippen LogP contribution in [0.3, 0.4) is 0 Å². The van der Waals surface area contributed by atoms with Gasteiger partial charge in [0.15, 0.2) is 0 Å². The Morgan fingerprint density at radius 3 is 1.87 bits per heavy atom. The van der Waals surface area contributed by atoms with Crippen LogP contribution in [0.15, 0.2) is 152 Å². The number of imidazole rings is 1. The Hall–Kier alpha value is -6.46. The molecule has 11 aromatic rings. The van der Waals surface area contributed by atoms with Crippen molar-refractivity contribution in [2.75, 3.05) is 0 Å². The first-order valence-corrected chi connectivity index (χ1v) is 15.9. The number of fused-ring (bicyclic) bond motifs is 15. The van der Waals surface area contributed by atoms with Gasteiger partial charge in [-0.25, -0.2) is 4.98 Å². The summed E-state index contributed by atoms with van der Waals surface area (Å²) in [6, 6.07) is 52.0. The fourth-order valence-corrected chi connectivity index (χ4v) is 7.93. The van der Waals surface area contributed by atoms with Gasteiger partial charge in [-0.05, 0) is 78.9 Å². The average Bonchev–Trinajstić information content (AvgIpc) is 3.79. The Labute approximate surface area is 268 Å². The normalized spacial score (nSPS) is 12.3. The predicted octanol–water partition coefficient (Wildman–Crippen LogP) is 10.4. The topological polar surface area (TPSA) is 40.0 Å². The van der Waals surface area contributed by atoms with Gasteiger partial charge in [0, 0.05) is 49.9 Å². The number of rotatable bonds is 2. The Bertz CT molecular complexity index is 3060. The van der Waals surface area contributed by atoms with Crippen LogP contribution in [0.4, 0.5) is 0 Å². The van der Waals surface area contributed by atoms with Crippen molar-refractivity contribution >= 4 is 82.1 Å². The second kappa shape index (κ2) is 9.05. The monoisotopic (exact) mass is 599 g/mol. The van der Waals surface area contributed by atoms with Crippen LogP contribution >= 0.6 is 0 Å². The van der Waals surface area contributed by atoms with Gasteiger partial charge >= 0.3 is 0 Å². The molecule has 0 saturated heterocycles. The molecule has 0 fully saturated rings. The summed E-state index contributed by atoms with van der Waals surface area (Å²) in [5.41, 5.74) is 12.0. The first-order valence-electron chi connectivity index (χ1n) is 15.9. The molecular weight excluding hydrogens is 574 g/mol. The zero-order chi connectivity index (χ0) is 30.6. The summed E-state index contributed by atoms with van der Waals surface area (Å²) in [5, 5.41) is 7.08. The van der Waals surface area contributed by atoms with Gasteiger partial charge in [-0.15, -0.1) is 0 Å². The quantitative estimate of drug-likeness (QED) is 0.186. The molecule has 0 bridgehead atoms. The molecule has 0 aliphatic carbocycles. The van der Waals surface area contributed by atoms with E-state index >= 15 is 0 Å². The number of hydrogen-bond donors (Lipinski definition) is 0. The highest BCUT2D eigenvalue weighted by atomic mass is 15.0. The Kier molecular flexibility index (Phi) is 4.78. The van der Waals surface area contributed by atoms with Crippen LogP contribution in [0.2, 0.25) is 0 Å². The van der Waals surface area contributed by atoms with E-state index in [9.17, 15) is 0 Å². The van der Waals surface area contributed by atoms with Gasteiger partial charge < -0.3 is 9.13 Å². The second-order valence-electron chi connectivity index (χ2n) is 12.3. The summed E-state index contributed by atoms with van der Waals surface area (Å²) < 4.78 is 7.08. The molecule has 0 N–H and O–H groups in total. The Morgan fingerprint density at radius 1 is 0.404 bits per heavy atom. The molecule has 47 heavy (non-hydrogen) atoms. The molecule has 0 aliphatic heterocycles. The predicted molar refractivity (Wildman–Crippen MR) is 194 cm³/mol. The standard InChI is InChI=1S/C42H25N5/c1-3-12-26(13-4-1)45-33-18-9-7-16-28(33)30-24-31-38(25-37(30)45)46(27-14-5-2-6-15-27)35-22-21-29-40(39(31)35)41-36(20-11-23-43-41)47-34-19-10-8-17-32(34)44-42(29)47/h1-25H. The fourth-order valence-electron chi connectivity index (χ4n) is 7.93. The first-order chi connectivity index (χ1) is 23.3. The summed E-state index contributed by atoms with van der Waals surface area (Å²) in [6.07, 6.45) is 1.91. The van der Waals surface area contributed by atoms with Crippen molar-refractivity contribution in [3.05, 3.63) is 152 Å². The first kappa shape index (κ1) is 24.8. The highest BCUT2D eigenvalue weighted by Gasteiger charge is 2.23. The smallest absolute Gasteiger partial charge is 0.146 e. The summed E-state index contributed by atoms with van der Waals surface area (Å²) in [6.45, 7) is 0. The molecule has 0 unspecified atom stereocenters. The molecule has 0 amide bonds. The fraction of sp³-hybridized carbons (Fsp3) is 0. The van der Waals surface area contributed by atoms with E-state index in [0.717, 1.165) is 60.9 Å². The maximum Gasteiger partial charge on any atom is 0.146 e. The molecule has 5 aromatic heterocycles. The van der Waals surface area contributed by atoms with Gasteiger partial charge in [-0.2, -0.15) is 0 Å². The maximum absolute atomic E-state index is 5.20. The summed E-state index contributed by atoms with van der Waals surface area (Å²) in [5.74, 6) is 0. The van der Waals surface area contributed by atoms with Crippen LogP contribution in [0.25, 0.3) is 93.5 Å². The number of pyridine rings is 2. The molecular formula is C42H25N5. The van der Waals surface area contributed by atoms with E-state index in [4.69, 9.17) is 9.97 Å². The minimum absolute atomic E-state index is 0.950. The number of nitrogens with zero attached hydrogens (tertiary/aromatic N) is 5. The number of hydrogen-bond acceptors (Lipinski definition) is 2. The number of benzene rings is 6. The molecule has 5 heteroatoms. The maximum atomic E-state index is 5.20. The third kappa shape index (κ3) is 3.22. The van der Waals surface area contributed by atoms with Crippen molar-refractivity contribution in [3.63, 3.8) is 0 Å². The third-order valence-electron chi connectivity index (χ3n) is 9.82. The van der Waals surface area contributed by atoms with Gasteiger partial charge in [0.05, 0.1) is 44.1 Å². The number of para-hydroxylation sites is 5. The van der Waals surface area contributed by atoms with Gasteiger partial charge in [0.1, 0.15) is 5.65 Å². The summed E-state index contributed by atoms with van der Waals surface area (Å²) >= 11 is 0. The molecule has 0 saturated carbocycles. The van der Waals surface area contributed by atoms with E-state index < -0.39 is 0 Å². The van der Waals surface area contributed by atoms with Gasteiger partial charge in [0.25, 0.3) is 0 Å². The van der Waals surface area contributed by atoms with Crippen molar-refractivity contribution in [3.8, 4) is 11.4 Å². The molecule has 0 aliphatic rings. The summed E-state index contributed by atoms with van der Waals surface area (Å²) in [7, 11) is 0. The van der Waals surface area contributed by atoms with E-state index in [0.29, 0.717) is 0 Å². The van der Waals surface area contributed by atoms with Crippen LogP contribution in [-0.4, -0.2) is 23.5 Å². The van der Waals surface area contributed by atoms with E-state index in [1.165, 1.54) is 32.6 Å². The lowest BCUT2D eigenvalue weighted by Gasteiger charge is -2.11. The van der Waals surface area contributed by atoms with Crippen molar-refractivity contribution in [1.29, 1.82) is 0 Å². The highest BCUT2D eigenvalue weighted by molar-refractivity contribution is 6.31. The lowest BCUT2D eigenvalue weighted by atomic mass is 10.0. The minimum atomic E-state index is 0.950. The van der Waals surface area contributed by atoms with Crippen LogP contribution < -0.4 is 0 Å². The molecule has 218 valence electrons. The Balaban J connectivity index is 1.41. The third-order valence-corrected chi connectivity index (χ3v) is 9.82. The molecule has 0 spiro atoms. The lowest BCUT2D eigenvalue weighted by molar-refractivity contribution is 1.16. The highest BCUT2D eigenvalue weighted by Crippen LogP contribution is 2.44. The molecule has 11 rings (SSSR count). The van der Waals surface area contributed by atoms with Crippen LogP contribution in [-0.2, 0) is 0 Å². The van der Waals surface area contributed by atoms with Gasteiger partial charge in [0.2, 0.25) is 0 Å². The van der Waals surface area contributed by atoms with Crippen molar-refractivity contribution in [1.82, 2.24) is 23.5 Å². The van der Waals surface area contributed by atoms with Crippen molar-refractivity contribution < 1.29 is 0 Å². The molecule has 6 aromatic carbocycles. The minimum Gasteiger partial charge on any atom is -0.309 e. The molecule has 0 radical (unpaired) electrons.